The van der Waals surface area contributed by atoms with Gasteiger partial charge >= 0.3 is 0 Å². The predicted molar refractivity (Wildman–Crippen MR) is 68.2 cm³/mol. The van der Waals surface area contributed by atoms with Gasteiger partial charge < -0.3 is 19.8 Å². The fraction of sp³-hybridized carbons (Fsp3) is 0.417. The third kappa shape index (κ3) is 3.43. The van der Waals surface area contributed by atoms with E-state index in [4.69, 9.17) is 4.74 Å². The lowest BCUT2D eigenvalue weighted by Crippen LogP contribution is -2.34. The molecule has 0 spiro atoms. The molecule has 0 unspecified atom stereocenters. The Balaban J connectivity index is 1.90. The molecule has 1 heterocycles. The van der Waals surface area contributed by atoms with Crippen molar-refractivity contribution >= 4 is 21.8 Å². The average molecular weight is 334 g/mol. The number of carbonyl (C=O) groups is 1. The summed E-state index contributed by atoms with van der Waals surface area (Å²) >= 11 is 3.13. The number of benzene rings is 1. The van der Waals surface area contributed by atoms with Gasteiger partial charge in [-0.25, -0.2) is 4.39 Å². The largest absolute Gasteiger partial charge is 0.483 e. The van der Waals surface area contributed by atoms with E-state index in [1.807, 2.05) is 0 Å². The summed E-state index contributed by atoms with van der Waals surface area (Å²) in [6.07, 6.45) is -1.83. The standard InChI is InChI=1S/C12H13BrFNO4/c13-8-3-7(14)1-2-11(8)19-6-12(18)15-4-9(16)10(17)5-15/h1-3,9-10,16-17H,4-6H2/t9-,10+. The van der Waals surface area contributed by atoms with E-state index in [2.05, 4.69) is 15.9 Å². The van der Waals surface area contributed by atoms with Crippen molar-refractivity contribution in [2.75, 3.05) is 19.7 Å². The van der Waals surface area contributed by atoms with Crippen LogP contribution in [0.3, 0.4) is 0 Å². The number of halogens is 2. The molecule has 5 nitrogen and oxygen atoms in total. The summed E-state index contributed by atoms with van der Waals surface area (Å²) < 4.78 is 18.5. The second-order valence-corrected chi connectivity index (χ2v) is 5.15. The highest BCUT2D eigenvalue weighted by atomic mass is 79.9. The van der Waals surface area contributed by atoms with Crippen LogP contribution in [-0.2, 0) is 4.79 Å². The van der Waals surface area contributed by atoms with Crippen LogP contribution in [0.25, 0.3) is 0 Å². The Morgan fingerprint density at radius 3 is 2.63 bits per heavy atom. The molecule has 1 aromatic rings. The van der Waals surface area contributed by atoms with E-state index in [0.717, 1.165) is 0 Å². The summed E-state index contributed by atoms with van der Waals surface area (Å²) in [6, 6.07) is 3.89. The van der Waals surface area contributed by atoms with Gasteiger partial charge in [0, 0.05) is 13.1 Å². The average Bonchev–Trinajstić information content (AvgIpc) is 2.68. The molecule has 1 amide bonds. The molecule has 0 aliphatic carbocycles. The highest BCUT2D eigenvalue weighted by Gasteiger charge is 2.32. The number of aliphatic hydroxyl groups is 2. The number of β-amino-alcohol motifs (C(OH)–C–C–N with tert-alkyl or cyclic N) is 2. The van der Waals surface area contributed by atoms with E-state index in [1.165, 1.54) is 23.1 Å². The van der Waals surface area contributed by atoms with Crippen LogP contribution in [0, 0.1) is 5.82 Å². The first kappa shape index (κ1) is 14.2. The number of rotatable bonds is 3. The number of aliphatic hydroxyl groups excluding tert-OH is 2. The van der Waals surface area contributed by atoms with Gasteiger partial charge in [0.15, 0.2) is 6.61 Å². The Morgan fingerprint density at radius 2 is 2.05 bits per heavy atom. The van der Waals surface area contributed by atoms with E-state index in [-0.39, 0.29) is 25.6 Å². The van der Waals surface area contributed by atoms with E-state index in [9.17, 15) is 19.4 Å². The zero-order valence-electron chi connectivity index (χ0n) is 9.92. The molecule has 1 saturated heterocycles. The summed E-state index contributed by atoms with van der Waals surface area (Å²) in [5.74, 6) is -0.391. The minimum atomic E-state index is -0.915. The molecule has 1 fully saturated rings. The first-order chi connectivity index (χ1) is 8.97. The van der Waals surface area contributed by atoms with Crippen LogP contribution in [0.15, 0.2) is 22.7 Å². The Kier molecular flexibility index (Phi) is 4.38. The van der Waals surface area contributed by atoms with Crippen molar-refractivity contribution in [1.82, 2.24) is 4.90 Å². The van der Waals surface area contributed by atoms with E-state index >= 15 is 0 Å². The topological polar surface area (TPSA) is 70.0 Å². The quantitative estimate of drug-likeness (QED) is 0.846. The molecule has 0 aromatic heterocycles. The zero-order valence-corrected chi connectivity index (χ0v) is 11.5. The Hall–Kier alpha value is -1.18. The summed E-state index contributed by atoms with van der Waals surface area (Å²) in [5, 5.41) is 18.7. The minimum Gasteiger partial charge on any atom is -0.483 e. The van der Waals surface area contributed by atoms with Gasteiger partial charge in [-0.3, -0.25) is 4.79 Å². The molecular formula is C12H13BrFNO4. The SMILES string of the molecule is O=C(COc1ccc(F)cc1Br)N1C[C@@H](O)[C@@H](O)C1. The summed E-state index contributed by atoms with van der Waals surface area (Å²) in [6.45, 7) is -0.0500. The highest BCUT2D eigenvalue weighted by molar-refractivity contribution is 9.10. The lowest BCUT2D eigenvalue weighted by molar-refractivity contribution is -0.132. The molecule has 1 aliphatic rings. The lowest BCUT2D eigenvalue weighted by Gasteiger charge is -2.16. The molecule has 104 valence electrons. The van der Waals surface area contributed by atoms with Crippen molar-refractivity contribution in [3.8, 4) is 5.75 Å². The maximum Gasteiger partial charge on any atom is 0.260 e. The Bertz CT molecular complexity index is 475. The van der Waals surface area contributed by atoms with Crippen molar-refractivity contribution in [3.63, 3.8) is 0 Å². The van der Waals surface area contributed by atoms with Crippen molar-refractivity contribution in [2.45, 2.75) is 12.2 Å². The monoisotopic (exact) mass is 333 g/mol. The maximum atomic E-state index is 12.9. The van der Waals surface area contributed by atoms with Crippen LogP contribution in [-0.4, -0.2) is 52.9 Å². The number of ether oxygens (including phenoxy) is 1. The van der Waals surface area contributed by atoms with Crippen LogP contribution in [0.4, 0.5) is 4.39 Å². The van der Waals surface area contributed by atoms with Crippen molar-refractivity contribution in [2.24, 2.45) is 0 Å². The summed E-state index contributed by atoms with van der Waals surface area (Å²) in [5.41, 5.74) is 0. The van der Waals surface area contributed by atoms with Crippen molar-refractivity contribution < 1.29 is 24.1 Å². The van der Waals surface area contributed by atoms with Gasteiger partial charge in [0.2, 0.25) is 0 Å². The normalized spacial score (nSPS) is 22.6. The zero-order chi connectivity index (χ0) is 14.0. The lowest BCUT2D eigenvalue weighted by atomic mass is 10.3. The maximum absolute atomic E-state index is 12.9. The van der Waals surface area contributed by atoms with Crippen LogP contribution in [0.1, 0.15) is 0 Å². The predicted octanol–water partition coefficient (Wildman–Crippen LogP) is 0.531. The highest BCUT2D eigenvalue weighted by Crippen LogP contribution is 2.25. The Morgan fingerprint density at radius 1 is 1.42 bits per heavy atom. The fourth-order valence-electron chi connectivity index (χ4n) is 1.80. The van der Waals surface area contributed by atoms with Gasteiger partial charge in [-0.05, 0) is 34.1 Å². The van der Waals surface area contributed by atoms with Crippen LogP contribution in [0.5, 0.6) is 5.75 Å². The molecule has 2 atom stereocenters. The molecular weight excluding hydrogens is 321 g/mol. The van der Waals surface area contributed by atoms with Crippen LogP contribution < -0.4 is 4.74 Å². The molecule has 2 N–H and O–H groups in total. The molecule has 1 aromatic carbocycles. The first-order valence-corrected chi connectivity index (χ1v) is 6.48. The number of nitrogens with zero attached hydrogens (tertiary/aromatic N) is 1. The fourth-order valence-corrected chi connectivity index (χ4v) is 2.26. The molecule has 1 aliphatic heterocycles. The van der Waals surface area contributed by atoms with Gasteiger partial charge in [-0.1, -0.05) is 0 Å². The van der Waals surface area contributed by atoms with E-state index in [1.54, 1.807) is 0 Å². The second kappa shape index (κ2) is 5.85. The number of carbonyl (C=O) groups excluding carboxylic acids is 1. The third-order valence-electron chi connectivity index (χ3n) is 2.86. The van der Waals surface area contributed by atoms with Crippen LogP contribution in [0.2, 0.25) is 0 Å². The van der Waals surface area contributed by atoms with Crippen molar-refractivity contribution in [3.05, 3.63) is 28.5 Å². The number of hydrogen-bond acceptors (Lipinski definition) is 4. The van der Waals surface area contributed by atoms with Crippen LogP contribution >= 0.6 is 15.9 Å². The molecule has 19 heavy (non-hydrogen) atoms. The third-order valence-corrected chi connectivity index (χ3v) is 3.48. The molecule has 2 rings (SSSR count). The second-order valence-electron chi connectivity index (χ2n) is 4.30. The summed E-state index contributed by atoms with van der Waals surface area (Å²) in [7, 11) is 0. The minimum absolute atomic E-state index is 0.0912. The van der Waals surface area contributed by atoms with Gasteiger partial charge in [-0.2, -0.15) is 0 Å². The number of amides is 1. The number of likely N-dealkylation sites (tertiary alicyclic amines) is 1. The van der Waals surface area contributed by atoms with Gasteiger partial charge in [-0.15, -0.1) is 0 Å². The summed E-state index contributed by atoms with van der Waals surface area (Å²) in [4.78, 5) is 13.1. The smallest absolute Gasteiger partial charge is 0.260 e. The van der Waals surface area contributed by atoms with E-state index < -0.39 is 18.0 Å². The van der Waals surface area contributed by atoms with Gasteiger partial charge in [0.25, 0.3) is 5.91 Å². The van der Waals surface area contributed by atoms with Gasteiger partial charge in [0.05, 0.1) is 16.7 Å². The van der Waals surface area contributed by atoms with E-state index in [0.29, 0.717) is 10.2 Å². The number of hydrogen-bond donors (Lipinski definition) is 2. The Labute approximate surface area is 117 Å². The van der Waals surface area contributed by atoms with Gasteiger partial charge in [0.1, 0.15) is 11.6 Å². The molecule has 0 bridgehead atoms. The first-order valence-electron chi connectivity index (χ1n) is 5.69. The molecule has 7 heteroatoms. The van der Waals surface area contributed by atoms with Crippen molar-refractivity contribution in [1.29, 1.82) is 0 Å². The molecule has 0 saturated carbocycles. The molecule has 0 radical (unpaired) electrons.